The Kier molecular flexibility index (Phi) is 4.85. The molecule has 3 N–H and O–H groups in total. The number of benzene rings is 1. The highest BCUT2D eigenvalue weighted by atomic mass is 35.5. The molecule has 0 saturated heterocycles. The van der Waals surface area contributed by atoms with Crippen LogP contribution in [0.3, 0.4) is 0 Å². The van der Waals surface area contributed by atoms with Gasteiger partial charge in [0, 0.05) is 19.4 Å². The van der Waals surface area contributed by atoms with Crippen LogP contribution >= 0.6 is 11.6 Å². The van der Waals surface area contributed by atoms with Gasteiger partial charge in [0.25, 0.3) is 11.8 Å². The first-order valence-electron chi connectivity index (χ1n) is 7.48. The van der Waals surface area contributed by atoms with E-state index in [4.69, 9.17) is 22.1 Å². The van der Waals surface area contributed by atoms with E-state index in [0.717, 1.165) is 0 Å². The molecule has 0 fully saturated rings. The average molecular weight is 372 g/mol. The van der Waals surface area contributed by atoms with Gasteiger partial charge in [0.15, 0.2) is 5.82 Å². The van der Waals surface area contributed by atoms with Gasteiger partial charge in [0.1, 0.15) is 16.3 Å². The molecule has 1 aromatic carbocycles. The van der Waals surface area contributed by atoms with Crippen LogP contribution in [0.15, 0.2) is 48.8 Å². The number of hydrogen-bond acceptors (Lipinski definition) is 5. The fourth-order valence-corrected chi connectivity index (χ4v) is 2.45. The van der Waals surface area contributed by atoms with Crippen molar-refractivity contribution in [2.24, 2.45) is 12.8 Å². The molecule has 0 saturated carbocycles. The molecule has 8 nitrogen and oxygen atoms in total. The van der Waals surface area contributed by atoms with E-state index in [9.17, 15) is 9.59 Å². The fraction of sp³-hybridized carbons (Fsp3) is 0.0588. The summed E-state index contributed by atoms with van der Waals surface area (Å²) >= 11 is 6.01. The molecule has 3 aromatic rings. The van der Waals surface area contributed by atoms with Gasteiger partial charge in [0.2, 0.25) is 5.88 Å². The Morgan fingerprint density at radius 3 is 2.62 bits per heavy atom. The lowest BCUT2D eigenvalue weighted by Crippen LogP contribution is -2.15. The van der Waals surface area contributed by atoms with Crippen molar-refractivity contribution in [2.45, 2.75) is 0 Å². The standard InChI is InChI=1S/C17H14ClN5O3/c1-23-9-12(18)15(22-23)21-16(25)11-6-4-8-20-17(11)26-13-7-3-2-5-10(13)14(19)24/h2-9H,1H3,(H2,19,24)(H,21,22,25). The summed E-state index contributed by atoms with van der Waals surface area (Å²) in [6.07, 6.45) is 3.02. The summed E-state index contributed by atoms with van der Waals surface area (Å²) < 4.78 is 7.14. The summed E-state index contributed by atoms with van der Waals surface area (Å²) in [7, 11) is 1.68. The summed E-state index contributed by atoms with van der Waals surface area (Å²) in [6, 6.07) is 9.53. The summed E-state index contributed by atoms with van der Waals surface area (Å²) in [6.45, 7) is 0. The third kappa shape index (κ3) is 3.65. The zero-order chi connectivity index (χ0) is 18.7. The molecule has 0 bridgehead atoms. The first kappa shape index (κ1) is 17.4. The van der Waals surface area contributed by atoms with Crippen LogP contribution in [0.2, 0.25) is 5.02 Å². The predicted octanol–water partition coefficient (Wildman–Crippen LogP) is 2.61. The normalized spacial score (nSPS) is 10.4. The number of primary amides is 1. The molecule has 2 heterocycles. The fourth-order valence-electron chi connectivity index (χ4n) is 2.23. The number of para-hydroxylation sites is 1. The van der Waals surface area contributed by atoms with Gasteiger partial charge in [-0.2, -0.15) is 5.10 Å². The van der Waals surface area contributed by atoms with Crippen molar-refractivity contribution in [1.82, 2.24) is 14.8 Å². The number of hydrogen-bond donors (Lipinski definition) is 2. The Balaban J connectivity index is 1.90. The first-order chi connectivity index (χ1) is 12.5. The Hall–Kier alpha value is -3.39. The van der Waals surface area contributed by atoms with Crippen molar-refractivity contribution in [1.29, 1.82) is 0 Å². The highest BCUT2D eigenvalue weighted by Crippen LogP contribution is 2.27. The SMILES string of the molecule is Cn1cc(Cl)c(NC(=O)c2cccnc2Oc2ccccc2C(N)=O)n1. The lowest BCUT2D eigenvalue weighted by molar-refractivity contribution is 0.0997. The molecule has 0 atom stereocenters. The van der Waals surface area contributed by atoms with Gasteiger partial charge in [0.05, 0.1) is 5.56 Å². The van der Waals surface area contributed by atoms with Crippen LogP contribution in [0, 0.1) is 0 Å². The number of nitrogens with zero attached hydrogens (tertiary/aromatic N) is 3. The maximum absolute atomic E-state index is 12.6. The second kappa shape index (κ2) is 7.24. The Morgan fingerprint density at radius 2 is 1.92 bits per heavy atom. The van der Waals surface area contributed by atoms with Crippen LogP contribution in [0.25, 0.3) is 0 Å². The summed E-state index contributed by atoms with van der Waals surface area (Å²) in [5, 5.41) is 6.95. The summed E-state index contributed by atoms with van der Waals surface area (Å²) in [5.74, 6) is -0.728. The van der Waals surface area contributed by atoms with Crippen LogP contribution in [0.1, 0.15) is 20.7 Å². The summed E-state index contributed by atoms with van der Waals surface area (Å²) in [5.41, 5.74) is 5.67. The largest absolute Gasteiger partial charge is 0.437 e. The van der Waals surface area contributed by atoms with E-state index in [1.807, 2.05) is 0 Å². The van der Waals surface area contributed by atoms with Gasteiger partial charge >= 0.3 is 0 Å². The quantitative estimate of drug-likeness (QED) is 0.715. The number of anilines is 1. The number of nitrogens with one attached hydrogen (secondary N) is 1. The smallest absolute Gasteiger partial charge is 0.262 e. The van der Waals surface area contributed by atoms with Gasteiger partial charge in [-0.25, -0.2) is 4.98 Å². The Morgan fingerprint density at radius 1 is 1.19 bits per heavy atom. The third-order valence-corrected chi connectivity index (χ3v) is 3.67. The van der Waals surface area contributed by atoms with E-state index >= 15 is 0 Å². The molecule has 3 rings (SSSR count). The van der Waals surface area contributed by atoms with E-state index in [0.29, 0.717) is 5.02 Å². The molecule has 2 aromatic heterocycles. The predicted molar refractivity (Wildman–Crippen MR) is 95.4 cm³/mol. The van der Waals surface area contributed by atoms with Gasteiger partial charge in [-0.3, -0.25) is 14.3 Å². The zero-order valence-electron chi connectivity index (χ0n) is 13.6. The van der Waals surface area contributed by atoms with Crippen molar-refractivity contribution in [3.63, 3.8) is 0 Å². The van der Waals surface area contributed by atoms with Crippen molar-refractivity contribution < 1.29 is 14.3 Å². The van der Waals surface area contributed by atoms with E-state index in [-0.39, 0.29) is 28.6 Å². The zero-order valence-corrected chi connectivity index (χ0v) is 14.4. The minimum absolute atomic E-state index is 0.0192. The first-order valence-corrected chi connectivity index (χ1v) is 7.85. The molecule has 26 heavy (non-hydrogen) atoms. The maximum atomic E-state index is 12.6. The molecular formula is C17H14ClN5O3. The van der Waals surface area contributed by atoms with Crippen LogP contribution < -0.4 is 15.8 Å². The lowest BCUT2D eigenvalue weighted by atomic mass is 10.2. The second-order valence-electron chi connectivity index (χ2n) is 5.27. The molecule has 0 radical (unpaired) electrons. The van der Waals surface area contributed by atoms with Crippen LogP contribution in [0.5, 0.6) is 11.6 Å². The molecule has 0 spiro atoms. The Bertz CT molecular complexity index is 986. The second-order valence-corrected chi connectivity index (χ2v) is 5.68. The van der Waals surface area contributed by atoms with E-state index in [1.54, 1.807) is 37.5 Å². The van der Waals surface area contributed by atoms with Crippen molar-refractivity contribution in [2.75, 3.05) is 5.32 Å². The third-order valence-electron chi connectivity index (χ3n) is 3.39. The molecule has 132 valence electrons. The molecule has 2 amide bonds. The molecular weight excluding hydrogens is 358 g/mol. The minimum Gasteiger partial charge on any atom is -0.437 e. The monoisotopic (exact) mass is 371 g/mol. The summed E-state index contributed by atoms with van der Waals surface area (Å²) in [4.78, 5) is 28.2. The van der Waals surface area contributed by atoms with Gasteiger partial charge < -0.3 is 15.8 Å². The number of amides is 2. The minimum atomic E-state index is -0.650. The molecule has 0 aliphatic heterocycles. The van der Waals surface area contributed by atoms with Gasteiger partial charge in [-0.1, -0.05) is 23.7 Å². The lowest BCUT2D eigenvalue weighted by Gasteiger charge is -2.11. The number of rotatable bonds is 5. The average Bonchev–Trinajstić information content (AvgIpc) is 2.92. The van der Waals surface area contributed by atoms with Crippen molar-refractivity contribution in [3.8, 4) is 11.6 Å². The molecule has 0 aliphatic carbocycles. The van der Waals surface area contributed by atoms with E-state index < -0.39 is 11.8 Å². The van der Waals surface area contributed by atoms with Gasteiger partial charge in [-0.15, -0.1) is 0 Å². The van der Waals surface area contributed by atoms with Crippen molar-refractivity contribution >= 4 is 29.2 Å². The number of aromatic nitrogens is 3. The number of halogens is 1. The van der Waals surface area contributed by atoms with Crippen LogP contribution in [-0.2, 0) is 7.05 Å². The van der Waals surface area contributed by atoms with Crippen molar-refractivity contribution in [3.05, 3.63) is 64.9 Å². The van der Waals surface area contributed by atoms with Crippen LogP contribution in [0.4, 0.5) is 5.82 Å². The molecule has 9 heteroatoms. The molecule has 0 aliphatic rings. The number of ether oxygens (including phenoxy) is 1. The topological polar surface area (TPSA) is 112 Å². The number of nitrogens with two attached hydrogens (primary N) is 1. The maximum Gasteiger partial charge on any atom is 0.262 e. The number of aryl methyl sites for hydroxylation is 1. The number of carbonyl (C=O) groups excluding carboxylic acids is 2. The van der Waals surface area contributed by atoms with E-state index in [1.165, 1.54) is 23.0 Å². The van der Waals surface area contributed by atoms with E-state index in [2.05, 4.69) is 15.4 Å². The Labute approximate surface area is 153 Å². The number of carbonyl (C=O) groups is 2. The van der Waals surface area contributed by atoms with Crippen LogP contribution in [-0.4, -0.2) is 26.6 Å². The molecule has 0 unspecified atom stereocenters. The highest BCUT2D eigenvalue weighted by molar-refractivity contribution is 6.33. The number of pyridine rings is 1. The van der Waals surface area contributed by atoms with Gasteiger partial charge in [-0.05, 0) is 24.3 Å². The highest BCUT2D eigenvalue weighted by Gasteiger charge is 2.18.